The predicted molar refractivity (Wildman–Crippen MR) is 68.2 cm³/mol. The highest BCUT2D eigenvalue weighted by Gasteiger charge is 2.25. The van der Waals surface area contributed by atoms with E-state index in [4.69, 9.17) is 19.9 Å². The monoisotopic (exact) mass is 259 g/mol. The number of rotatable bonds is 6. The second-order valence-corrected chi connectivity index (χ2v) is 4.87. The summed E-state index contributed by atoms with van der Waals surface area (Å²) in [4.78, 5) is 11.3. The maximum atomic E-state index is 11.3. The number of hydrogen-bond donors (Lipinski definition) is 1. The predicted octanol–water partition coefficient (Wildman–Crippen LogP) is 1.24. The molecule has 1 saturated heterocycles. The molecule has 5 nitrogen and oxygen atoms in total. The van der Waals surface area contributed by atoms with Crippen molar-refractivity contribution >= 4 is 5.97 Å². The van der Waals surface area contributed by atoms with E-state index < -0.39 is 6.04 Å². The van der Waals surface area contributed by atoms with E-state index in [0.29, 0.717) is 19.6 Å². The highest BCUT2D eigenvalue weighted by atomic mass is 16.5. The molecule has 0 saturated carbocycles. The Morgan fingerprint density at radius 1 is 1.39 bits per heavy atom. The Labute approximate surface area is 109 Å². The summed E-state index contributed by atoms with van der Waals surface area (Å²) >= 11 is 0. The normalized spacial score (nSPS) is 29.9. The van der Waals surface area contributed by atoms with E-state index in [1.807, 2.05) is 0 Å². The fourth-order valence-electron chi connectivity index (χ4n) is 2.21. The van der Waals surface area contributed by atoms with Crippen LogP contribution in [0.1, 0.15) is 40.0 Å². The first-order chi connectivity index (χ1) is 8.52. The topological polar surface area (TPSA) is 70.8 Å². The summed E-state index contributed by atoms with van der Waals surface area (Å²) in [5.41, 5.74) is 5.69. The van der Waals surface area contributed by atoms with Crippen LogP contribution in [0.25, 0.3) is 0 Å². The van der Waals surface area contributed by atoms with Crippen molar-refractivity contribution in [1.29, 1.82) is 0 Å². The van der Waals surface area contributed by atoms with Gasteiger partial charge in [0.15, 0.2) is 0 Å². The molecule has 3 atom stereocenters. The second-order valence-electron chi connectivity index (χ2n) is 4.87. The standard InChI is InChI=1S/C13H25NO4/c1-4-16-13(15)12(14)5-6-17-11-7-9(2)18-10(3)8-11/h9-12H,4-8,14H2,1-3H3. The van der Waals surface area contributed by atoms with Gasteiger partial charge in [-0.25, -0.2) is 0 Å². The van der Waals surface area contributed by atoms with E-state index in [2.05, 4.69) is 13.8 Å². The van der Waals surface area contributed by atoms with Crippen LogP contribution in [-0.2, 0) is 19.0 Å². The molecule has 0 aromatic carbocycles. The van der Waals surface area contributed by atoms with E-state index in [-0.39, 0.29) is 24.3 Å². The fraction of sp³-hybridized carbons (Fsp3) is 0.923. The van der Waals surface area contributed by atoms with Gasteiger partial charge in [0.1, 0.15) is 6.04 Å². The first-order valence-electron chi connectivity index (χ1n) is 6.72. The van der Waals surface area contributed by atoms with Crippen LogP contribution >= 0.6 is 0 Å². The lowest BCUT2D eigenvalue weighted by Crippen LogP contribution is -2.36. The van der Waals surface area contributed by atoms with Crippen LogP contribution in [0.3, 0.4) is 0 Å². The molecule has 3 unspecified atom stereocenters. The molecule has 0 aromatic rings. The summed E-state index contributed by atoms with van der Waals surface area (Å²) in [6.07, 6.45) is 2.98. The molecule has 1 fully saturated rings. The molecule has 0 aliphatic carbocycles. The number of hydrogen-bond acceptors (Lipinski definition) is 5. The van der Waals surface area contributed by atoms with Gasteiger partial charge < -0.3 is 19.9 Å². The molecule has 2 N–H and O–H groups in total. The van der Waals surface area contributed by atoms with E-state index in [0.717, 1.165) is 12.8 Å². The molecular formula is C13H25NO4. The Morgan fingerprint density at radius 2 is 2.00 bits per heavy atom. The number of esters is 1. The Balaban J connectivity index is 2.19. The molecule has 1 aliphatic heterocycles. The zero-order valence-electron chi connectivity index (χ0n) is 11.6. The molecule has 0 aromatic heterocycles. The zero-order chi connectivity index (χ0) is 13.5. The SMILES string of the molecule is CCOC(=O)C(N)CCOC1CC(C)OC(C)C1. The number of nitrogens with two attached hydrogens (primary N) is 1. The number of carbonyl (C=O) groups is 1. The van der Waals surface area contributed by atoms with Crippen molar-refractivity contribution in [3.05, 3.63) is 0 Å². The van der Waals surface area contributed by atoms with Gasteiger partial charge in [-0.3, -0.25) is 4.79 Å². The molecule has 5 heteroatoms. The lowest BCUT2D eigenvalue weighted by Gasteiger charge is -2.32. The van der Waals surface area contributed by atoms with Crippen molar-refractivity contribution in [2.45, 2.75) is 64.4 Å². The average Bonchev–Trinajstić information content (AvgIpc) is 2.27. The van der Waals surface area contributed by atoms with Crippen molar-refractivity contribution in [1.82, 2.24) is 0 Å². The largest absolute Gasteiger partial charge is 0.465 e. The highest BCUT2D eigenvalue weighted by Crippen LogP contribution is 2.21. The maximum Gasteiger partial charge on any atom is 0.322 e. The van der Waals surface area contributed by atoms with Gasteiger partial charge in [-0.15, -0.1) is 0 Å². The highest BCUT2D eigenvalue weighted by molar-refractivity contribution is 5.75. The first-order valence-corrected chi connectivity index (χ1v) is 6.72. The summed E-state index contributed by atoms with van der Waals surface area (Å²) in [5, 5.41) is 0. The molecule has 1 aliphatic rings. The summed E-state index contributed by atoms with van der Waals surface area (Å²) in [6, 6.07) is -0.584. The van der Waals surface area contributed by atoms with Gasteiger partial charge in [-0.05, 0) is 40.0 Å². The third-order valence-corrected chi connectivity index (χ3v) is 3.03. The Kier molecular flexibility index (Phi) is 6.60. The first kappa shape index (κ1) is 15.4. The number of carbonyl (C=O) groups excluding carboxylic acids is 1. The Bertz CT molecular complexity index is 249. The van der Waals surface area contributed by atoms with Crippen LogP contribution in [0.2, 0.25) is 0 Å². The van der Waals surface area contributed by atoms with Crippen molar-refractivity contribution in [3.63, 3.8) is 0 Å². The minimum Gasteiger partial charge on any atom is -0.465 e. The molecule has 1 rings (SSSR count). The minimum absolute atomic E-state index is 0.207. The van der Waals surface area contributed by atoms with Gasteiger partial charge in [0, 0.05) is 6.61 Å². The molecular weight excluding hydrogens is 234 g/mol. The van der Waals surface area contributed by atoms with E-state index >= 15 is 0 Å². The summed E-state index contributed by atoms with van der Waals surface area (Å²) in [6.45, 7) is 6.73. The molecule has 0 amide bonds. The minimum atomic E-state index is -0.584. The van der Waals surface area contributed by atoms with Crippen molar-refractivity contribution in [2.75, 3.05) is 13.2 Å². The van der Waals surface area contributed by atoms with Gasteiger partial charge in [0.25, 0.3) is 0 Å². The summed E-state index contributed by atoms with van der Waals surface area (Å²) < 4.78 is 16.2. The van der Waals surface area contributed by atoms with Gasteiger partial charge in [-0.1, -0.05) is 0 Å². The van der Waals surface area contributed by atoms with Crippen LogP contribution in [0, 0.1) is 0 Å². The van der Waals surface area contributed by atoms with Crippen molar-refractivity contribution in [2.24, 2.45) is 5.73 Å². The molecule has 0 spiro atoms. The second kappa shape index (κ2) is 7.71. The molecule has 0 bridgehead atoms. The molecule has 18 heavy (non-hydrogen) atoms. The summed E-state index contributed by atoms with van der Waals surface area (Å²) in [7, 11) is 0. The lowest BCUT2D eigenvalue weighted by atomic mass is 10.0. The van der Waals surface area contributed by atoms with Gasteiger partial charge >= 0.3 is 5.97 Å². The van der Waals surface area contributed by atoms with Gasteiger partial charge in [-0.2, -0.15) is 0 Å². The maximum absolute atomic E-state index is 11.3. The van der Waals surface area contributed by atoms with Crippen LogP contribution < -0.4 is 5.73 Å². The van der Waals surface area contributed by atoms with Gasteiger partial charge in [0.2, 0.25) is 0 Å². The quantitative estimate of drug-likeness (QED) is 0.727. The van der Waals surface area contributed by atoms with Crippen molar-refractivity contribution < 1.29 is 19.0 Å². The third kappa shape index (κ3) is 5.33. The van der Waals surface area contributed by atoms with Crippen molar-refractivity contribution in [3.8, 4) is 0 Å². The number of ether oxygens (including phenoxy) is 3. The van der Waals surface area contributed by atoms with E-state index in [9.17, 15) is 4.79 Å². The van der Waals surface area contributed by atoms with Gasteiger partial charge in [0.05, 0.1) is 24.9 Å². The zero-order valence-corrected chi connectivity index (χ0v) is 11.6. The Morgan fingerprint density at radius 3 is 2.56 bits per heavy atom. The molecule has 0 radical (unpaired) electrons. The molecule has 106 valence electrons. The van der Waals surface area contributed by atoms with E-state index in [1.54, 1.807) is 6.92 Å². The van der Waals surface area contributed by atoms with E-state index in [1.165, 1.54) is 0 Å². The van der Waals surface area contributed by atoms with Crippen LogP contribution in [0.5, 0.6) is 0 Å². The Hall–Kier alpha value is -0.650. The third-order valence-electron chi connectivity index (χ3n) is 3.03. The summed E-state index contributed by atoms with van der Waals surface area (Å²) in [5.74, 6) is -0.352. The average molecular weight is 259 g/mol. The lowest BCUT2D eigenvalue weighted by molar-refractivity contribution is -0.145. The van der Waals surface area contributed by atoms with Crippen LogP contribution in [0.4, 0.5) is 0 Å². The smallest absolute Gasteiger partial charge is 0.322 e. The fourth-order valence-corrected chi connectivity index (χ4v) is 2.21. The van der Waals surface area contributed by atoms with Crippen LogP contribution in [0.15, 0.2) is 0 Å². The molecule has 1 heterocycles. The van der Waals surface area contributed by atoms with Crippen LogP contribution in [-0.4, -0.2) is 43.5 Å².